The van der Waals surface area contributed by atoms with Crippen LogP contribution in [0.3, 0.4) is 0 Å². The number of hydrogen-bond donors (Lipinski definition) is 1. The molecule has 0 bridgehead atoms. The van der Waals surface area contributed by atoms with E-state index >= 15 is 0 Å². The van der Waals surface area contributed by atoms with Crippen molar-refractivity contribution in [2.45, 2.75) is 0 Å². The lowest BCUT2D eigenvalue weighted by Gasteiger charge is -2.12. The van der Waals surface area contributed by atoms with Crippen LogP contribution in [0, 0.1) is 5.82 Å². The monoisotopic (exact) mass is 336 g/mol. The van der Waals surface area contributed by atoms with E-state index in [2.05, 4.69) is 21.2 Å². The zero-order valence-electron chi connectivity index (χ0n) is 11.2. The molecule has 1 N–H and O–H groups in total. The van der Waals surface area contributed by atoms with Crippen molar-refractivity contribution in [2.24, 2.45) is 0 Å². The predicted molar refractivity (Wildman–Crippen MR) is 82.8 cm³/mol. The lowest BCUT2D eigenvalue weighted by Crippen LogP contribution is -2.14. The van der Waals surface area contributed by atoms with Gasteiger partial charge in [0.25, 0.3) is 5.91 Å². The second kappa shape index (κ2) is 6.05. The SMILES string of the molecule is CN(C)c1ccc(C(=O)Nc2ccc(Br)cc2F)cc1. The van der Waals surface area contributed by atoms with E-state index in [-0.39, 0.29) is 11.6 Å². The molecule has 0 aromatic heterocycles. The van der Waals surface area contributed by atoms with Crippen molar-refractivity contribution in [1.82, 2.24) is 0 Å². The topological polar surface area (TPSA) is 32.3 Å². The maximum atomic E-state index is 13.6. The maximum Gasteiger partial charge on any atom is 0.255 e. The summed E-state index contributed by atoms with van der Waals surface area (Å²) in [6.07, 6.45) is 0. The van der Waals surface area contributed by atoms with Crippen LogP contribution in [0.1, 0.15) is 10.4 Å². The third-order valence-electron chi connectivity index (χ3n) is 2.83. The van der Waals surface area contributed by atoms with E-state index < -0.39 is 5.82 Å². The van der Waals surface area contributed by atoms with Gasteiger partial charge in [-0.05, 0) is 42.5 Å². The predicted octanol–water partition coefficient (Wildman–Crippen LogP) is 3.91. The van der Waals surface area contributed by atoms with Crippen LogP contribution in [0.15, 0.2) is 46.9 Å². The Morgan fingerprint density at radius 3 is 2.35 bits per heavy atom. The molecule has 2 rings (SSSR count). The zero-order chi connectivity index (χ0) is 14.7. The number of hydrogen-bond acceptors (Lipinski definition) is 2. The van der Waals surface area contributed by atoms with Crippen LogP contribution >= 0.6 is 15.9 Å². The smallest absolute Gasteiger partial charge is 0.255 e. The zero-order valence-corrected chi connectivity index (χ0v) is 12.7. The summed E-state index contributed by atoms with van der Waals surface area (Å²) in [7, 11) is 3.85. The summed E-state index contributed by atoms with van der Waals surface area (Å²) in [6.45, 7) is 0. The summed E-state index contributed by atoms with van der Waals surface area (Å²) >= 11 is 3.17. The number of anilines is 2. The number of amides is 1. The molecular formula is C15H14BrFN2O. The number of halogens is 2. The van der Waals surface area contributed by atoms with E-state index in [1.54, 1.807) is 18.2 Å². The second-order valence-corrected chi connectivity index (χ2v) is 5.44. The molecule has 0 aliphatic rings. The van der Waals surface area contributed by atoms with Gasteiger partial charge < -0.3 is 10.2 Å². The molecule has 0 unspecified atom stereocenters. The van der Waals surface area contributed by atoms with Crippen LogP contribution < -0.4 is 10.2 Å². The highest BCUT2D eigenvalue weighted by molar-refractivity contribution is 9.10. The molecule has 0 saturated carbocycles. The van der Waals surface area contributed by atoms with E-state index in [4.69, 9.17) is 0 Å². The highest BCUT2D eigenvalue weighted by atomic mass is 79.9. The first kappa shape index (κ1) is 14.5. The quantitative estimate of drug-likeness (QED) is 0.921. The fourth-order valence-electron chi connectivity index (χ4n) is 1.70. The van der Waals surface area contributed by atoms with Crippen molar-refractivity contribution in [2.75, 3.05) is 24.3 Å². The van der Waals surface area contributed by atoms with Crippen LogP contribution in [-0.4, -0.2) is 20.0 Å². The molecule has 1 amide bonds. The fraction of sp³-hybridized carbons (Fsp3) is 0.133. The van der Waals surface area contributed by atoms with Crippen molar-refractivity contribution < 1.29 is 9.18 Å². The van der Waals surface area contributed by atoms with E-state index in [1.165, 1.54) is 12.1 Å². The molecule has 0 heterocycles. The first-order chi connectivity index (χ1) is 9.47. The molecule has 2 aromatic rings. The number of carbonyl (C=O) groups is 1. The normalized spacial score (nSPS) is 10.2. The van der Waals surface area contributed by atoms with Gasteiger partial charge in [0, 0.05) is 29.8 Å². The van der Waals surface area contributed by atoms with Gasteiger partial charge in [0.05, 0.1) is 5.69 Å². The van der Waals surface area contributed by atoms with Gasteiger partial charge in [0.15, 0.2) is 0 Å². The van der Waals surface area contributed by atoms with Gasteiger partial charge in [-0.2, -0.15) is 0 Å². The van der Waals surface area contributed by atoms with Crippen LogP contribution in [0.25, 0.3) is 0 Å². The van der Waals surface area contributed by atoms with E-state index in [0.29, 0.717) is 10.0 Å². The molecule has 0 fully saturated rings. The van der Waals surface area contributed by atoms with Crippen LogP contribution in [-0.2, 0) is 0 Å². The minimum atomic E-state index is -0.474. The Morgan fingerprint density at radius 2 is 1.80 bits per heavy atom. The van der Waals surface area contributed by atoms with Crippen molar-refractivity contribution >= 4 is 33.2 Å². The average molecular weight is 337 g/mol. The Hall–Kier alpha value is -1.88. The Morgan fingerprint density at radius 1 is 1.15 bits per heavy atom. The Labute approximate surface area is 125 Å². The minimum absolute atomic E-state index is 0.162. The lowest BCUT2D eigenvalue weighted by atomic mass is 10.2. The molecule has 20 heavy (non-hydrogen) atoms. The third kappa shape index (κ3) is 3.36. The Kier molecular flexibility index (Phi) is 4.39. The van der Waals surface area contributed by atoms with Gasteiger partial charge in [0.1, 0.15) is 5.82 Å². The van der Waals surface area contributed by atoms with Gasteiger partial charge in [-0.15, -0.1) is 0 Å². The second-order valence-electron chi connectivity index (χ2n) is 4.52. The molecule has 0 atom stereocenters. The number of nitrogens with zero attached hydrogens (tertiary/aromatic N) is 1. The number of benzene rings is 2. The first-order valence-corrected chi connectivity index (χ1v) is 6.80. The summed E-state index contributed by atoms with van der Waals surface area (Å²) < 4.78 is 14.3. The van der Waals surface area contributed by atoms with E-state index in [1.807, 2.05) is 31.1 Å². The van der Waals surface area contributed by atoms with Crippen LogP contribution in [0.2, 0.25) is 0 Å². The molecule has 0 spiro atoms. The Bertz CT molecular complexity index is 626. The average Bonchev–Trinajstić information content (AvgIpc) is 2.42. The molecular weight excluding hydrogens is 323 g/mol. The van der Waals surface area contributed by atoms with Crippen LogP contribution in [0.5, 0.6) is 0 Å². The van der Waals surface area contributed by atoms with E-state index in [9.17, 15) is 9.18 Å². The summed E-state index contributed by atoms with van der Waals surface area (Å²) in [5.41, 5.74) is 1.64. The first-order valence-electron chi connectivity index (χ1n) is 6.01. The molecule has 3 nitrogen and oxygen atoms in total. The van der Waals surface area contributed by atoms with Crippen molar-refractivity contribution in [1.29, 1.82) is 0 Å². The third-order valence-corrected chi connectivity index (χ3v) is 3.32. The van der Waals surface area contributed by atoms with Crippen molar-refractivity contribution in [3.63, 3.8) is 0 Å². The summed E-state index contributed by atoms with van der Waals surface area (Å²) in [5, 5.41) is 2.55. The highest BCUT2D eigenvalue weighted by Gasteiger charge is 2.09. The molecule has 0 aliphatic heterocycles. The number of rotatable bonds is 3. The number of carbonyl (C=O) groups excluding carboxylic acids is 1. The van der Waals surface area contributed by atoms with Crippen LogP contribution in [0.4, 0.5) is 15.8 Å². The van der Waals surface area contributed by atoms with Crippen molar-refractivity contribution in [3.05, 3.63) is 58.3 Å². The fourth-order valence-corrected chi connectivity index (χ4v) is 2.03. The summed E-state index contributed by atoms with van der Waals surface area (Å²) in [6, 6.07) is 11.6. The van der Waals surface area contributed by atoms with Gasteiger partial charge >= 0.3 is 0 Å². The largest absolute Gasteiger partial charge is 0.378 e. The van der Waals surface area contributed by atoms with Crippen molar-refractivity contribution in [3.8, 4) is 0 Å². The molecule has 2 aromatic carbocycles. The molecule has 0 saturated heterocycles. The summed E-state index contributed by atoms with van der Waals surface area (Å²) in [5.74, 6) is -0.811. The number of nitrogens with one attached hydrogen (secondary N) is 1. The van der Waals surface area contributed by atoms with Gasteiger partial charge in [-0.25, -0.2) is 4.39 Å². The standard InChI is InChI=1S/C15H14BrFN2O/c1-19(2)12-6-3-10(4-7-12)15(20)18-14-8-5-11(16)9-13(14)17/h3-9H,1-2H3,(H,18,20). The maximum absolute atomic E-state index is 13.6. The molecule has 0 aliphatic carbocycles. The summed E-state index contributed by atoms with van der Waals surface area (Å²) in [4.78, 5) is 14.0. The van der Waals surface area contributed by atoms with E-state index in [0.717, 1.165) is 5.69 Å². The molecule has 5 heteroatoms. The highest BCUT2D eigenvalue weighted by Crippen LogP contribution is 2.20. The lowest BCUT2D eigenvalue weighted by molar-refractivity contribution is 0.102. The van der Waals surface area contributed by atoms with Gasteiger partial charge in [0.2, 0.25) is 0 Å². The minimum Gasteiger partial charge on any atom is -0.378 e. The van der Waals surface area contributed by atoms with Gasteiger partial charge in [-0.1, -0.05) is 15.9 Å². The van der Waals surface area contributed by atoms with Gasteiger partial charge in [-0.3, -0.25) is 4.79 Å². The Balaban J connectivity index is 2.15. The molecule has 0 radical (unpaired) electrons. The molecule has 104 valence electrons.